The van der Waals surface area contributed by atoms with Crippen molar-refractivity contribution in [2.24, 2.45) is 5.73 Å². The van der Waals surface area contributed by atoms with Crippen molar-refractivity contribution in [2.45, 2.75) is 71.9 Å². The van der Waals surface area contributed by atoms with Crippen LogP contribution < -0.4 is 5.73 Å². The lowest BCUT2D eigenvalue weighted by Gasteiger charge is -2.23. The Kier molecular flexibility index (Phi) is 11.1. The summed E-state index contributed by atoms with van der Waals surface area (Å²) in [4.78, 5) is 0. The molecule has 0 fully saturated rings. The van der Waals surface area contributed by atoms with Crippen LogP contribution in [-0.4, -0.2) is 12.1 Å². The third kappa shape index (κ3) is 8.51. The zero-order valence-electron chi connectivity index (χ0n) is 12.9. The van der Waals surface area contributed by atoms with Gasteiger partial charge in [-0.05, 0) is 32.8 Å². The Morgan fingerprint density at radius 3 is 2.84 bits per heavy atom. The van der Waals surface area contributed by atoms with Crippen molar-refractivity contribution in [2.75, 3.05) is 0 Å². The summed E-state index contributed by atoms with van der Waals surface area (Å²) in [6.07, 6.45) is 11.2. The standard InChI is InChI=1S/C15H23NO.C2H6/c1-3-5-9-14(10-6-4-2)17-15-11-7-8-13(16)12-15;1-2/h3,5,11,13-14H,7-10,12,16H2,1-2H3;1-2H3/b5-3-;. The monoisotopic (exact) mass is 263 g/mol. The lowest BCUT2D eigenvalue weighted by Crippen LogP contribution is -2.25. The molecule has 108 valence electrons. The van der Waals surface area contributed by atoms with E-state index in [1.54, 1.807) is 0 Å². The Morgan fingerprint density at radius 2 is 2.26 bits per heavy atom. The molecule has 0 saturated heterocycles. The van der Waals surface area contributed by atoms with Gasteiger partial charge in [0.2, 0.25) is 0 Å². The predicted molar refractivity (Wildman–Crippen MR) is 83.6 cm³/mol. The van der Waals surface area contributed by atoms with E-state index in [1.165, 1.54) is 0 Å². The van der Waals surface area contributed by atoms with Crippen LogP contribution in [0.3, 0.4) is 0 Å². The van der Waals surface area contributed by atoms with E-state index in [1.807, 2.05) is 27.7 Å². The molecule has 0 spiro atoms. The Labute approximate surface area is 119 Å². The second kappa shape index (κ2) is 11.9. The quantitative estimate of drug-likeness (QED) is 0.597. The molecule has 0 amide bonds. The SMILES string of the molecule is CC.CC#CCC(C/C=C\C)OC1=CCCC(N)C1. The van der Waals surface area contributed by atoms with Gasteiger partial charge in [-0.3, -0.25) is 0 Å². The van der Waals surface area contributed by atoms with Gasteiger partial charge >= 0.3 is 0 Å². The first-order chi connectivity index (χ1) is 9.26. The van der Waals surface area contributed by atoms with Crippen molar-refractivity contribution in [3.8, 4) is 11.8 Å². The first-order valence-corrected chi connectivity index (χ1v) is 7.38. The molecule has 2 N–H and O–H groups in total. The van der Waals surface area contributed by atoms with E-state index in [0.717, 1.165) is 37.9 Å². The number of rotatable bonds is 5. The third-order valence-electron chi connectivity index (χ3n) is 2.83. The highest BCUT2D eigenvalue weighted by Gasteiger charge is 2.15. The molecule has 19 heavy (non-hydrogen) atoms. The summed E-state index contributed by atoms with van der Waals surface area (Å²) >= 11 is 0. The van der Waals surface area contributed by atoms with Crippen LogP contribution in [0.1, 0.15) is 59.8 Å². The molecule has 0 radical (unpaired) electrons. The van der Waals surface area contributed by atoms with Gasteiger partial charge in [0.25, 0.3) is 0 Å². The number of nitrogens with two attached hydrogens (primary N) is 1. The van der Waals surface area contributed by atoms with Gasteiger partial charge in [0, 0.05) is 25.3 Å². The second-order valence-corrected chi connectivity index (χ2v) is 4.39. The molecule has 2 nitrogen and oxygen atoms in total. The molecule has 0 aromatic rings. The van der Waals surface area contributed by atoms with Gasteiger partial charge in [0.1, 0.15) is 6.10 Å². The van der Waals surface area contributed by atoms with E-state index in [-0.39, 0.29) is 12.1 Å². The highest BCUT2D eigenvalue weighted by molar-refractivity contribution is 5.04. The molecule has 0 bridgehead atoms. The molecule has 2 atom stereocenters. The van der Waals surface area contributed by atoms with Crippen molar-refractivity contribution in [3.63, 3.8) is 0 Å². The fraction of sp³-hybridized carbons (Fsp3) is 0.647. The summed E-state index contributed by atoms with van der Waals surface area (Å²) in [7, 11) is 0. The molecule has 1 aliphatic rings. The van der Waals surface area contributed by atoms with Crippen LogP contribution in [0.2, 0.25) is 0 Å². The van der Waals surface area contributed by atoms with Crippen molar-refractivity contribution in [1.82, 2.24) is 0 Å². The maximum Gasteiger partial charge on any atom is 0.112 e. The van der Waals surface area contributed by atoms with E-state index in [0.29, 0.717) is 0 Å². The van der Waals surface area contributed by atoms with Crippen LogP contribution in [0.5, 0.6) is 0 Å². The van der Waals surface area contributed by atoms with Crippen molar-refractivity contribution < 1.29 is 4.74 Å². The van der Waals surface area contributed by atoms with Gasteiger partial charge in [0.05, 0.1) is 5.76 Å². The average Bonchev–Trinajstić information content (AvgIpc) is 2.44. The molecule has 1 rings (SSSR count). The van der Waals surface area contributed by atoms with Gasteiger partial charge in [-0.15, -0.1) is 5.92 Å². The van der Waals surface area contributed by atoms with E-state index in [2.05, 4.69) is 30.1 Å². The van der Waals surface area contributed by atoms with Crippen LogP contribution in [0.4, 0.5) is 0 Å². The summed E-state index contributed by atoms with van der Waals surface area (Å²) in [6.45, 7) is 7.89. The van der Waals surface area contributed by atoms with Gasteiger partial charge in [0.15, 0.2) is 0 Å². The van der Waals surface area contributed by atoms with Gasteiger partial charge in [-0.2, -0.15) is 0 Å². The van der Waals surface area contributed by atoms with E-state index >= 15 is 0 Å². The molecule has 0 saturated carbocycles. The summed E-state index contributed by atoms with van der Waals surface area (Å²) in [6, 6.07) is 0.259. The maximum absolute atomic E-state index is 5.99. The summed E-state index contributed by atoms with van der Waals surface area (Å²) in [5.41, 5.74) is 5.94. The number of ether oxygens (including phenoxy) is 1. The Bertz CT molecular complexity index is 333. The molecular weight excluding hydrogens is 234 g/mol. The molecule has 2 unspecified atom stereocenters. The van der Waals surface area contributed by atoms with E-state index < -0.39 is 0 Å². The maximum atomic E-state index is 5.99. The normalized spacial score (nSPS) is 19.6. The molecular formula is C17H29NO. The predicted octanol–water partition coefficient (Wildman–Crippen LogP) is 4.17. The highest BCUT2D eigenvalue weighted by atomic mass is 16.5. The fourth-order valence-corrected chi connectivity index (χ4v) is 1.89. The molecule has 2 heteroatoms. The van der Waals surface area contributed by atoms with Crippen LogP contribution >= 0.6 is 0 Å². The van der Waals surface area contributed by atoms with Crippen LogP contribution in [0.15, 0.2) is 24.0 Å². The summed E-state index contributed by atoms with van der Waals surface area (Å²) < 4.78 is 5.99. The molecule has 0 heterocycles. The molecule has 1 aliphatic carbocycles. The zero-order chi connectivity index (χ0) is 14.5. The summed E-state index contributed by atoms with van der Waals surface area (Å²) in [5.74, 6) is 7.07. The van der Waals surface area contributed by atoms with E-state index in [9.17, 15) is 0 Å². The van der Waals surface area contributed by atoms with Gasteiger partial charge < -0.3 is 10.5 Å². The van der Waals surface area contributed by atoms with Crippen LogP contribution in [-0.2, 0) is 4.74 Å². The smallest absolute Gasteiger partial charge is 0.112 e. The molecule has 0 aromatic heterocycles. The lowest BCUT2D eigenvalue weighted by molar-refractivity contribution is 0.109. The minimum atomic E-state index is 0.162. The lowest BCUT2D eigenvalue weighted by atomic mass is 10.0. The first-order valence-electron chi connectivity index (χ1n) is 7.38. The first kappa shape index (κ1) is 17.8. The topological polar surface area (TPSA) is 35.2 Å². The number of hydrogen-bond donors (Lipinski definition) is 1. The Hall–Kier alpha value is -1.20. The van der Waals surface area contributed by atoms with Gasteiger partial charge in [-0.1, -0.05) is 31.9 Å². The average molecular weight is 263 g/mol. The van der Waals surface area contributed by atoms with Crippen molar-refractivity contribution in [3.05, 3.63) is 24.0 Å². The Balaban J connectivity index is 0.00000154. The van der Waals surface area contributed by atoms with Crippen LogP contribution in [0, 0.1) is 11.8 Å². The van der Waals surface area contributed by atoms with Gasteiger partial charge in [-0.25, -0.2) is 0 Å². The number of hydrogen-bond acceptors (Lipinski definition) is 2. The largest absolute Gasteiger partial charge is 0.494 e. The molecule has 0 aliphatic heterocycles. The highest BCUT2D eigenvalue weighted by Crippen LogP contribution is 2.21. The molecule has 0 aromatic carbocycles. The fourth-order valence-electron chi connectivity index (χ4n) is 1.89. The van der Waals surface area contributed by atoms with Crippen molar-refractivity contribution in [1.29, 1.82) is 0 Å². The van der Waals surface area contributed by atoms with Crippen molar-refractivity contribution >= 4 is 0 Å². The number of allylic oxidation sites excluding steroid dienone is 2. The minimum absolute atomic E-state index is 0.162. The third-order valence-corrected chi connectivity index (χ3v) is 2.83. The summed E-state index contributed by atoms with van der Waals surface area (Å²) in [5, 5.41) is 0. The zero-order valence-corrected chi connectivity index (χ0v) is 12.9. The Morgan fingerprint density at radius 1 is 1.53 bits per heavy atom. The minimum Gasteiger partial charge on any atom is -0.494 e. The van der Waals surface area contributed by atoms with E-state index in [4.69, 9.17) is 10.5 Å². The second-order valence-electron chi connectivity index (χ2n) is 4.39. The van der Waals surface area contributed by atoms with Crippen LogP contribution in [0.25, 0.3) is 0 Å².